The van der Waals surface area contributed by atoms with Gasteiger partial charge in [-0.15, -0.1) is 12.4 Å². The maximum atomic E-state index is 12.6. The zero-order valence-electron chi connectivity index (χ0n) is 15.1. The normalized spacial score (nSPS) is 16.2. The molecule has 0 aromatic heterocycles. The van der Waals surface area contributed by atoms with Crippen LogP contribution in [0.15, 0.2) is 22.7 Å². The molecular weight excluding hydrogens is 408 g/mol. The van der Waals surface area contributed by atoms with Crippen LogP contribution in [0.3, 0.4) is 0 Å². The van der Waals surface area contributed by atoms with Crippen LogP contribution in [0.25, 0.3) is 0 Å². The van der Waals surface area contributed by atoms with E-state index in [4.69, 9.17) is 9.47 Å². The van der Waals surface area contributed by atoms with E-state index in [0.717, 1.165) is 30.4 Å². The number of carbonyl (C=O) groups is 1. The molecule has 1 amide bonds. The minimum Gasteiger partial charge on any atom is -0.491 e. The highest BCUT2D eigenvalue weighted by molar-refractivity contribution is 9.10. The van der Waals surface area contributed by atoms with Crippen molar-refractivity contribution in [2.45, 2.75) is 32.8 Å². The number of hydrogen-bond acceptors (Lipinski definition) is 4. The van der Waals surface area contributed by atoms with Crippen molar-refractivity contribution in [3.63, 3.8) is 0 Å². The second-order valence-electron chi connectivity index (χ2n) is 6.71. The minimum absolute atomic E-state index is 0. The highest BCUT2D eigenvalue weighted by Gasteiger charge is 2.32. The Balaban J connectivity index is 0.00000312. The number of ether oxygens (including phenoxy) is 2. The Morgan fingerprint density at radius 3 is 2.60 bits per heavy atom. The number of benzene rings is 1. The lowest BCUT2D eigenvalue weighted by molar-refractivity contribution is 0.0511. The van der Waals surface area contributed by atoms with E-state index >= 15 is 0 Å². The van der Waals surface area contributed by atoms with Gasteiger partial charge in [0, 0.05) is 29.1 Å². The molecular formula is C18H28BrClN2O3. The highest BCUT2D eigenvalue weighted by atomic mass is 79.9. The number of methoxy groups -OCH3 is 1. The average molecular weight is 436 g/mol. The predicted octanol–water partition coefficient (Wildman–Crippen LogP) is 3.40. The summed E-state index contributed by atoms with van der Waals surface area (Å²) in [5.41, 5.74) is 0.611. The van der Waals surface area contributed by atoms with E-state index in [-0.39, 0.29) is 29.8 Å². The van der Waals surface area contributed by atoms with Crippen LogP contribution in [0.4, 0.5) is 0 Å². The summed E-state index contributed by atoms with van der Waals surface area (Å²) in [7, 11) is 1.72. The van der Waals surface area contributed by atoms with Crippen LogP contribution < -0.4 is 15.4 Å². The van der Waals surface area contributed by atoms with E-state index in [1.165, 1.54) is 0 Å². The topological polar surface area (TPSA) is 59.6 Å². The number of amides is 1. The molecule has 5 nitrogen and oxygen atoms in total. The Labute approximate surface area is 164 Å². The fourth-order valence-electron chi connectivity index (χ4n) is 3.04. The first-order chi connectivity index (χ1) is 11.4. The summed E-state index contributed by atoms with van der Waals surface area (Å²) in [6, 6.07) is 5.47. The van der Waals surface area contributed by atoms with E-state index in [1.807, 2.05) is 26.0 Å². The summed E-state index contributed by atoms with van der Waals surface area (Å²) in [6.45, 7) is 7.13. The van der Waals surface area contributed by atoms with Gasteiger partial charge in [0.05, 0.1) is 12.7 Å². The van der Waals surface area contributed by atoms with E-state index in [2.05, 4.69) is 26.6 Å². The van der Waals surface area contributed by atoms with Crippen LogP contribution >= 0.6 is 28.3 Å². The molecule has 1 aromatic carbocycles. The van der Waals surface area contributed by atoms with Crippen molar-refractivity contribution in [1.29, 1.82) is 0 Å². The molecule has 0 saturated carbocycles. The number of carbonyl (C=O) groups excluding carboxylic acids is 1. The quantitative estimate of drug-likeness (QED) is 0.689. The van der Waals surface area contributed by atoms with Crippen molar-refractivity contribution in [3.8, 4) is 5.75 Å². The zero-order valence-corrected chi connectivity index (χ0v) is 17.5. The molecule has 25 heavy (non-hydrogen) atoms. The molecule has 0 spiro atoms. The molecule has 1 aromatic rings. The average Bonchev–Trinajstić information content (AvgIpc) is 2.52. The van der Waals surface area contributed by atoms with E-state index < -0.39 is 0 Å². The Bertz CT molecular complexity index is 558. The monoisotopic (exact) mass is 434 g/mol. The van der Waals surface area contributed by atoms with Gasteiger partial charge in [0.25, 0.3) is 5.91 Å². The summed E-state index contributed by atoms with van der Waals surface area (Å²) >= 11 is 3.45. The molecule has 2 rings (SSSR count). The van der Waals surface area contributed by atoms with Crippen molar-refractivity contribution < 1.29 is 14.3 Å². The van der Waals surface area contributed by atoms with Crippen LogP contribution in [0.5, 0.6) is 5.75 Å². The molecule has 1 heterocycles. The lowest BCUT2D eigenvalue weighted by atomic mass is 9.79. The SMILES string of the molecule is COCC1(CNC(=O)c2cc(Br)cc(OC(C)C)c2)CCNCC1.Cl. The summed E-state index contributed by atoms with van der Waals surface area (Å²) < 4.78 is 11.9. The number of halogens is 2. The molecule has 1 saturated heterocycles. The van der Waals surface area contributed by atoms with Gasteiger partial charge in [-0.1, -0.05) is 15.9 Å². The second-order valence-corrected chi connectivity index (χ2v) is 7.62. The van der Waals surface area contributed by atoms with Crippen LogP contribution in [-0.4, -0.2) is 45.4 Å². The third-order valence-electron chi connectivity index (χ3n) is 4.24. The summed E-state index contributed by atoms with van der Waals surface area (Å²) in [5.74, 6) is 0.608. The smallest absolute Gasteiger partial charge is 0.251 e. The third-order valence-corrected chi connectivity index (χ3v) is 4.70. The molecule has 0 radical (unpaired) electrons. The molecule has 142 valence electrons. The first kappa shape index (κ1) is 22.2. The van der Waals surface area contributed by atoms with Crippen molar-refractivity contribution in [1.82, 2.24) is 10.6 Å². The van der Waals surface area contributed by atoms with Crippen LogP contribution in [0.2, 0.25) is 0 Å². The molecule has 0 atom stereocenters. The van der Waals surface area contributed by atoms with Crippen LogP contribution in [0.1, 0.15) is 37.0 Å². The standard InChI is InChI=1S/C18H27BrN2O3.ClH/c1-13(2)24-16-9-14(8-15(19)10-16)17(22)21-11-18(12-23-3)4-6-20-7-5-18;/h8-10,13,20H,4-7,11-12H2,1-3H3,(H,21,22);1H. The van der Waals surface area contributed by atoms with Crippen molar-refractivity contribution in [2.24, 2.45) is 5.41 Å². The second kappa shape index (κ2) is 10.4. The van der Waals surface area contributed by atoms with E-state index in [0.29, 0.717) is 24.5 Å². The lowest BCUT2D eigenvalue weighted by Crippen LogP contribution is -2.47. The van der Waals surface area contributed by atoms with E-state index in [1.54, 1.807) is 13.2 Å². The Morgan fingerprint density at radius 1 is 1.32 bits per heavy atom. The molecule has 2 N–H and O–H groups in total. The zero-order chi connectivity index (χ0) is 17.6. The summed E-state index contributed by atoms with van der Waals surface area (Å²) in [6.07, 6.45) is 2.07. The van der Waals surface area contributed by atoms with Gasteiger partial charge in [0.2, 0.25) is 0 Å². The van der Waals surface area contributed by atoms with Crippen LogP contribution in [-0.2, 0) is 4.74 Å². The van der Waals surface area contributed by atoms with Crippen molar-refractivity contribution >= 4 is 34.2 Å². The molecule has 0 aliphatic carbocycles. The number of piperidine rings is 1. The van der Waals surface area contributed by atoms with Crippen LogP contribution in [0, 0.1) is 5.41 Å². The van der Waals surface area contributed by atoms with Gasteiger partial charge in [-0.3, -0.25) is 4.79 Å². The van der Waals surface area contributed by atoms with Gasteiger partial charge < -0.3 is 20.1 Å². The van der Waals surface area contributed by atoms with Crippen molar-refractivity contribution in [3.05, 3.63) is 28.2 Å². The predicted molar refractivity (Wildman–Crippen MR) is 106 cm³/mol. The van der Waals surface area contributed by atoms with Crippen molar-refractivity contribution in [2.75, 3.05) is 33.4 Å². The highest BCUT2D eigenvalue weighted by Crippen LogP contribution is 2.28. The summed E-state index contributed by atoms with van der Waals surface area (Å²) in [4.78, 5) is 12.6. The third kappa shape index (κ3) is 6.77. The number of hydrogen-bond donors (Lipinski definition) is 2. The van der Waals surface area contributed by atoms with E-state index in [9.17, 15) is 4.79 Å². The Hall–Kier alpha value is -0.820. The number of rotatable bonds is 7. The van der Waals surface area contributed by atoms with Gasteiger partial charge >= 0.3 is 0 Å². The minimum atomic E-state index is -0.0843. The Kier molecular flexibility index (Phi) is 9.21. The molecule has 7 heteroatoms. The van der Waals surface area contributed by atoms with Gasteiger partial charge in [0.1, 0.15) is 5.75 Å². The lowest BCUT2D eigenvalue weighted by Gasteiger charge is -2.37. The molecule has 1 aliphatic heterocycles. The van der Waals surface area contributed by atoms with Gasteiger partial charge in [-0.25, -0.2) is 0 Å². The fourth-order valence-corrected chi connectivity index (χ4v) is 3.51. The molecule has 1 aliphatic rings. The molecule has 1 fully saturated rings. The maximum Gasteiger partial charge on any atom is 0.251 e. The first-order valence-electron chi connectivity index (χ1n) is 8.39. The molecule has 0 bridgehead atoms. The number of nitrogens with one attached hydrogen (secondary N) is 2. The fraction of sp³-hybridized carbons (Fsp3) is 0.611. The van der Waals surface area contributed by atoms with Gasteiger partial charge in [0.15, 0.2) is 0 Å². The first-order valence-corrected chi connectivity index (χ1v) is 9.18. The largest absolute Gasteiger partial charge is 0.491 e. The maximum absolute atomic E-state index is 12.6. The van der Waals surface area contributed by atoms with Gasteiger partial charge in [-0.2, -0.15) is 0 Å². The molecule has 0 unspecified atom stereocenters. The Morgan fingerprint density at radius 2 is 2.00 bits per heavy atom. The van der Waals surface area contributed by atoms with Gasteiger partial charge in [-0.05, 0) is 58.0 Å². The summed E-state index contributed by atoms with van der Waals surface area (Å²) in [5, 5.41) is 6.44.